The molecule has 2 aliphatic rings. The average molecular weight is 709 g/mol. The summed E-state index contributed by atoms with van der Waals surface area (Å²) < 4.78 is 86.1. The number of rotatable bonds is 13. The number of ether oxygens (including phenoxy) is 1. The lowest BCUT2D eigenvalue weighted by atomic mass is 9.78. The van der Waals surface area contributed by atoms with Crippen LogP contribution in [-0.2, 0) is 33.5 Å². The van der Waals surface area contributed by atoms with Crippen molar-refractivity contribution < 1.29 is 40.7 Å². The summed E-state index contributed by atoms with van der Waals surface area (Å²) in [5, 5.41) is 6.44. The molecule has 1 amide bonds. The van der Waals surface area contributed by atoms with Crippen molar-refractivity contribution in [1.82, 2.24) is 30.1 Å². The second-order valence-corrected chi connectivity index (χ2v) is 19.3. The first kappa shape index (κ1) is 37.5. The number of carbonyl (C=O) groups excluding carboxylic acids is 1. The van der Waals surface area contributed by atoms with Crippen LogP contribution in [0.3, 0.4) is 0 Å². The molecule has 48 heavy (non-hydrogen) atoms. The fourth-order valence-electron chi connectivity index (χ4n) is 5.67. The molecule has 268 valence electrons. The van der Waals surface area contributed by atoms with Crippen LogP contribution >= 0.6 is 0 Å². The van der Waals surface area contributed by atoms with Crippen LogP contribution in [0.4, 0.5) is 38.0 Å². The fourth-order valence-corrected chi connectivity index (χ4v) is 6.42. The maximum Gasteiger partial charge on any atom is 0.423 e. The van der Waals surface area contributed by atoms with Gasteiger partial charge in [-0.05, 0) is 44.2 Å². The molecule has 0 saturated carbocycles. The molecule has 0 radical (unpaired) electrons. The highest BCUT2D eigenvalue weighted by molar-refractivity contribution is 6.76. The number of halogens is 6. The topological polar surface area (TPSA) is 127 Å². The molecular weight excluding hydrogens is 666 g/mol. The van der Waals surface area contributed by atoms with E-state index in [2.05, 4.69) is 45.5 Å². The Morgan fingerprint density at radius 3 is 2.27 bits per heavy atom. The van der Waals surface area contributed by atoms with E-state index in [1.54, 1.807) is 0 Å². The number of likely N-dealkylation sites (tertiary alicyclic amines) is 1. The van der Waals surface area contributed by atoms with Gasteiger partial charge in [0.25, 0.3) is 11.5 Å². The Hall–Kier alpha value is -3.29. The smallest absolute Gasteiger partial charge is 0.378 e. The van der Waals surface area contributed by atoms with Crippen molar-refractivity contribution in [3.63, 3.8) is 0 Å². The highest BCUT2D eigenvalue weighted by Gasteiger charge is 2.42. The third kappa shape index (κ3) is 10.4. The number of carbonyl (C=O) groups is 1. The van der Waals surface area contributed by atoms with E-state index < -0.39 is 61.5 Å². The van der Waals surface area contributed by atoms with Crippen molar-refractivity contribution in [3.05, 3.63) is 40.1 Å². The number of alkyl halides is 6. The molecule has 1 atom stereocenters. The molecule has 12 nitrogen and oxygen atoms in total. The summed E-state index contributed by atoms with van der Waals surface area (Å²) in [5.41, 5.74) is -1.86. The Kier molecular flexibility index (Phi) is 11.8. The number of aromatic nitrogens is 4. The van der Waals surface area contributed by atoms with Gasteiger partial charge in [-0.25, -0.2) is 20.1 Å². The van der Waals surface area contributed by atoms with Gasteiger partial charge in [0.1, 0.15) is 12.3 Å². The minimum atomic E-state index is -4.95. The number of nitrogens with zero attached hydrogens (tertiary/aromatic N) is 6. The number of piperidine rings is 1. The zero-order valence-electron chi connectivity index (χ0n) is 27.4. The van der Waals surface area contributed by atoms with Crippen LogP contribution in [0.2, 0.25) is 25.7 Å². The largest absolute Gasteiger partial charge is 0.423 e. The zero-order chi connectivity index (χ0) is 35.3. The lowest BCUT2D eigenvalue weighted by Gasteiger charge is -2.39. The molecule has 2 saturated heterocycles. The third-order valence-electron chi connectivity index (χ3n) is 8.42. The molecule has 1 unspecified atom stereocenters. The highest BCUT2D eigenvalue weighted by Crippen LogP contribution is 2.41. The molecule has 0 aromatic carbocycles. The maximum absolute atomic E-state index is 13.9. The van der Waals surface area contributed by atoms with E-state index in [1.165, 1.54) is 6.92 Å². The summed E-state index contributed by atoms with van der Waals surface area (Å²) in [4.78, 5) is 42.1. The van der Waals surface area contributed by atoms with Crippen molar-refractivity contribution >= 4 is 25.6 Å². The molecule has 4 rings (SSSR count). The Labute approximate surface area is 275 Å². The summed E-state index contributed by atoms with van der Waals surface area (Å²) in [6, 6.07) is 0.0531. The fraction of sp³-hybridized carbons (Fsp3) is 0.690. The normalized spacial score (nSPS) is 17.9. The van der Waals surface area contributed by atoms with Crippen LogP contribution in [0.25, 0.3) is 0 Å². The predicted octanol–water partition coefficient (Wildman–Crippen LogP) is 4.22. The van der Waals surface area contributed by atoms with Gasteiger partial charge in [0, 0.05) is 52.8 Å². The van der Waals surface area contributed by atoms with Crippen LogP contribution in [-0.4, -0.2) is 90.6 Å². The maximum atomic E-state index is 13.9. The second-order valence-electron chi connectivity index (χ2n) is 13.7. The number of anilines is 2. The van der Waals surface area contributed by atoms with E-state index in [4.69, 9.17) is 9.57 Å². The van der Waals surface area contributed by atoms with Gasteiger partial charge in [-0.3, -0.25) is 19.3 Å². The average Bonchev–Trinajstić information content (AvgIpc) is 3.36. The van der Waals surface area contributed by atoms with Crippen LogP contribution in [0.1, 0.15) is 37.3 Å². The first-order chi connectivity index (χ1) is 22.4. The molecule has 19 heteroatoms. The van der Waals surface area contributed by atoms with Crippen LogP contribution in [0, 0.1) is 5.41 Å². The van der Waals surface area contributed by atoms with Gasteiger partial charge in [-0.1, -0.05) is 19.6 Å². The quantitative estimate of drug-likeness (QED) is 0.135. The van der Waals surface area contributed by atoms with Gasteiger partial charge in [-0.2, -0.15) is 31.4 Å². The molecular formula is C29H42F6N8O4Si. The summed E-state index contributed by atoms with van der Waals surface area (Å²) in [6.07, 6.45) is -4.58. The van der Waals surface area contributed by atoms with Crippen molar-refractivity contribution in [1.29, 1.82) is 0 Å². The predicted molar refractivity (Wildman–Crippen MR) is 167 cm³/mol. The molecule has 2 N–H and O–H groups in total. The second kappa shape index (κ2) is 15.1. The first-order valence-corrected chi connectivity index (χ1v) is 19.3. The monoisotopic (exact) mass is 708 g/mol. The van der Waals surface area contributed by atoms with Gasteiger partial charge in [-0.15, -0.1) is 0 Å². The Balaban J connectivity index is 1.20. The first-order valence-electron chi connectivity index (χ1n) is 15.6. The van der Waals surface area contributed by atoms with Gasteiger partial charge in [0.15, 0.2) is 0 Å². The van der Waals surface area contributed by atoms with E-state index in [1.807, 2.05) is 9.80 Å². The standard InChI is InChI=1S/C29H42F6N8O4Si/c1-20(39-22-15-38-43(19-46-11-12-48(2,3)4)25(45)24(22)29(33,34)35)17-47-40-23(44)16-41-8-5-27(18-41)6-9-42(10-7-27)26-36-13-21(14-37-26)28(30,31)32/h13-15,20,39H,5-12,16-19H2,1-4H3,(H,40,44). The molecule has 2 aromatic rings. The van der Waals surface area contributed by atoms with Crippen molar-refractivity contribution in [2.75, 3.05) is 56.2 Å². The van der Waals surface area contributed by atoms with Crippen LogP contribution < -0.4 is 21.3 Å². The summed E-state index contributed by atoms with van der Waals surface area (Å²) in [5.74, 6) is -0.176. The minimum Gasteiger partial charge on any atom is -0.378 e. The molecule has 4 heterocycles. The van der Waals surface area contributed by atoms with E-state index in [0.29, 0.717) is 37.5 Å². The lowest BCUT2D eigenvalue weighted by Crippen LogP contribution is -2.43. The SMILES string of the molecule is CC(CONC(=O)CN1CCC2(CCN(c3ncc(C(F)(F)F)cn3)CC2)C1)Nc1cnn(COCC[Si](C)(C)C)c(=O)c1C(F)(F)F. The van der Waals surface area contributed by atoms with Crippen LogP contribution in [0.15, 0.2) is 23.4 Å². The Morgan fingerprint density at radius 2 is 1.67 bits per heavy atom. The summed E-state index contributed by atoms with van der Waals surface area (Å²) in [7, 11) is -1.42. The molecule has 2 aliphatic heterocycles. The minimum absolute atomic E-state index is 0.0411. The third-order valence-corrected chi connectivity index (χ3v) is 10.1. The zero-order valence-corrected chi connectivity index (χ0v) is 28.4. The number of hydrogen-bond acceptors (Lipinski definition) is 10. The molecule has 2 aromatic heterocycles. The molecule has 0 bridgehead atoms. The number of hydrogen-bond donors (Lipinski definition) is 2. The van der Waals surface area contributed by atoms with E-state index in [9.17, 15) is 35.9 Å². The summed E-state index contributed by atoms with van der Waals surface area (Å²) in [6.45, 7) is 10.2. The molecule has 0 aliphatic carbocycles. The molecule has 1 spiro atoms. The highest BCUT2D eigenvalue weighted by atomic mass is 28.3. The Bertz CT molecular complexity index is 1440. The number of hydroxylamine groups is 1. The van der Waals surface area contributed by atoms with Crippen LogP contribution in [0.5, 0.6) is 0 Å². The number of nitrogens with one attached hydrogen (secondary N) is 2. The Morgan fingerprint density at radius 1 is 1.02 bits per heavy atom. The summed E-state index contributed by atoms with van der Waals surface area (Å²) >= 11 is 0. The van der Waals surface area contributed by atoms with E-state index in [0.717, 1.165) is 43.9 Å². The van der Waals surface area contributed by atoms with Crippen molar-refractivity contribution in [2.45, 2.75) is 77.0 Å². The van der Waals surface area contributed by atoms with Gasteiger partial charge in [0.2, 0.25) is 5.95 Å². The van der Waals surface area contributed by atoms with Gasteiger partial charge in [0.05, 0.1) is 30.6 Å². The van der Waals surface area contributed by atoms with Crippen molar-refractivity contribution in [2.24, 2.45) is 5.41 Å². The van der Waals surface area contributed by atoms with Crippen molar-refractivity contribution in [3.8, 4) is 0 Å². The lowest BCUT2D eigenvalue weighted by molar-refractivity contribution is -0.139. The van der Waals surface area contributed by atoms with E-state index >= 15 is 0 Å². The van der Waals surface area contributed by atoms with E-state index in [-0.39, 0.29) is 24.5 Å². The number of amides is 1. The van der Waals surface area contributed by atoms with Gasteiger partial charge < -0.3 is 15.0 Å². The molecule has 2 fully saturated rings. The van der Waals surface area contributed by atoms with Gasteiger partial charge >= 0.3 is 12.4 Å².